The van der Waals surface area contributed by atoms with Crippen molar-refractivity contribution in [2.24, 2.45) is 0 Å². The third kappa shape index (κ3) is 5.72. The van der Waals surface area contributed by atoms with Crippen LogP contribution in [-0.2, 0) is 4.79 Å². The average molecular weight is 424 g/mol. The number of carbonyl (C=O) groups excluding carboxylic acids is 2. The fourth-order valence-electron chi connectivity index (χ4n) is 3.14. The minimum Gasteiger partial charge on any atom is -0.497 e. The molecule has 2 rings (SSSR count). The van der Waals surface area contributed by atoms with Crippen molar-refractivity contribution < 1.29 is 19.1 Å². The number of hydrogen-bond donors (Lipinski definition) is 1. The van der Waals surface area contributed by atoms with E-state index < -0.39 is 0 Å². The first-order valence-electron chi connectivity index (χ1n) is 9.82. The van der Waals surface area contributed by atoms with Gasteiger partial charge in [-0.05, 0) is 45.4 Å². The number of amides is 3. The molecule has 0 aromatic heterocycles. The van der Waals surface area contributed by atoms with E-state index in [1.165, 1.54) is 0 Å². The van der Waals surface area contributed by atoms with Crippen LogP contribution in [0.2, 0.25) is 0 Å². The fourth-order valence-corrected chi connectivity index (χ4v) is 4.58. The minimum absolute atomic E-state index is 0.0944. The molecule has 0 bridgehead atoms. The summed E-state index contributed by atoms with van der Waals surface area (Å²) in [6, 6.07) is 5.47. The maximum atomic E-state index is 13.0. The molecule has 0 spiro atoms. The summed E-state index contributed by atoms with van der Waals surface area (Å²) in [7, 11) is 4.99. The SMILES string of the molecule is CC[C@@H]1S[C@H](c2cc(OC)ccc2OC)N(CCN(C)C(=O)NC(C)(C)C)C1=O. The molecule has 0 radical (unpaired) electrons. The van der Waals surface area contributed by atoms with Crippen LogP contribution in [0, 0.1) is 0 Å². The number of urea groups is 1. The number of benzene rings is 1. The first-order valence-corrected chi connectivity index (χ1v) is 10.8. The van der Waals surface area contributed by atoms with Crippen molar-refractivity contribution in [1.29, 1.82) is 0 Å². The molecular weight excluding hydrogens is 390 g/mol. The van der Waals surface area contributed by atoms with E-state index in [1.54, 1.807) is 37.9 Å². The highest BCUT2D eigenvalue weighted by molar-refractivity contribution is 8.01. The molecule has 1 N–H and O–H groups in total. The van der Waals surface area contributed by atoms with Crippen molar-refractivity contribution in [2.45, 2.75) is 50.3 Å². The molecule has 1 fully saturated rings. The molecule has 1 saturated heterocycles. The van der Waals surface area contributed by atoms with Crippen LogP contribution in [-0.4, -0.2) is 66.9 Å². The lowest BCUT2D eigenvalue weighted by Crippen LogP contribution is -2.49. The zero-order valence-corrected chi connectivity index (χ0v) is 19.3. The van der Waals surface area contributed by atoms with Gasteiger partial charge in [0.05, 0.1) is 19.5 Å². The minimum atomic E-state index is -0.311. The summed E-state index contributed by atoms with van der Waals surface area (Å²) in [6.07, 6.45) is 0.753. The van der Waals surface area contributed by atoms with E-state index in [-0.39, 0.29) is 28.1 Å². The lowest BCUT2D eigenvalue weighted by atomic mass is 10.1. The summed E-state index contributed by atoms with van der Waals surface area (Å²) in [5, 5.41) is 2.65. The van der Waals surface area contributed by atoms with E-state index in [1.807, 2.05) is 50.8 Å². The van der Waals surface area contributed by atoms with Gasteiger partial charge in [-0.25, -0.2) is 4.79 Å². The zero-order valence-electron chi connectivity index (χ0n) is 18.4. The number of nitrogens with zero attached hydrogens (tertiary/aromatic N) is 2. The van der Waals surface area contributed by atoms with Gasteiger partial charge in [-0.2, -0.15) is 0 Å². The van der Waals surface area contributed by atoms with Crippen molar-refractivity contribution in [3.05, 3.63) is 23.8 Å². The standard InChI is InChI=1S/C21H33N3O4S/c1-8-17-18(25)24(12-11-23(5)20(26)22-21(2,3)4)19(29-17)15-13-14(27-6)9-10-16(15)28-7/h9-10,13,17,19H,8,11-12H2,1-7H3,(H,22,26)/t17-,19+/m0/s1. The highest BCUT2D eigenvalue weighted by Crippen LogP contribution is 2.47. The first-order chi connectivity index (χ1) is 13.6. The van der Waals surface area contributed by atoms with Gasteiger partial charge in [-0.15, -0.1) is 11.8 Å². The summed E-state index contributed by atoms with van der Waals surface area (Å²) in [6.45, 7) is 8.72. The van der Waals surface area contributed by atoms with Crippen molar-refractivity contribution in [3.63, 3.8) is 0 Å². The van der Waals surface area contributed by atoms with Gasteiger partial charge >= 0.3 is 6.03 Å². The highest BCUT2D eigenvalue weighted by atomic mass is 32.2. The summed E-state index contributed by atoms with van der Waals surface area (Å²) in [4.78, 5) is 28.8. The number of thioether (sulfide) groups is 1. The highest BCUT2D eigenvalue weighted by Gasteiger charge is 2.41. The molecule has 3 amide bonds. The van der Waals surface area contributed by atoms with E-state index >= 15 is 0 Å². The fraction of sp³-hybridized carbons (Fsp3) is 0.619. The third-order valence-corrected chi connectivity index (χ3v) is 6.34. The van der Waals surface area contributed by atoms with Crippen LogP contribution < -0.4 is 14.8 Å². The van der Waals surface area contributed by atoms with Crippen LogP contribution in [0.3, 0.4) is 0 Å². The molecule has 29 heavy (non-hydrogen) atoms. The Balaban J connectivity index is 2.22. The Morgan fingerprint density at radius 2 is 1.97 bits per heavy atom. The Morgan fingerprint density at radius 1 is 1.28 bits per heavy atom. The van der Waals surface area contributed by atoms with Gasteiger partial charge in [-0.1, -0.05) is 6.92 Å². The summed E-state index contributed by atoms with van der Waals surface area (Å²) in [5.74, 6) is 1.53. The zero-order chi connectivity index (χ0) is 21.8. The van der Waals surface area contributed by atoms with Gasteiger partial charge in [0.1, 0.15) is 16.9 Å². The smallest absolute Gasteiger partial charge is 0.317 e. The van der Waals surface area contributed by atoms with Gasteiger partial charge in [-0.3, -0.25) is 4.79 Å². The number of rotatable bonds is 7. The number of carbonyl (C=O) groups is 2. The molecule has 1 aromatic carbocycles. The molecule has 7 nitrogen and oxygen atoms in total. The maximum Gasteiger partial charge on any atom is 0.317 e. The second kappa shape index (κ2) is 9.61. The van der Waals surface area contributed by atoms with E-state index in [4.69, 9.17) is 9.47 Å². The normalized spacial score (nSPS) is 19.3. The van der Waals surface area contributed by atoms with Gasteiger partial charge in [0.15, 0.2) is 0 Å². The van der Waals surface area contributed by atoms with E-state index in [9.17, 15) is 9.59 Å². The molecule has 1 aromatic rings. The second-order valence-electron chi connectivity index (χ2n) is 8.13. The molecule has 162 valence electrons. The number of hydrogen-bond acceptors (Lipinski definition) is 5. The van der Waals surface area contributed by atoms with Gasteiger partial charge in [0, 0.05) is 31.2 Å². The van der Waals surface area contributed by atoms with Crippen molar-refractivity contribution >= 4 is 23.7 Å². The molecule has 0 saturated carbocycles. The molecule has 1 heterocycles. The summed E-state index contributed by atoms with van der Waals surface area (Å²) >= 11 is 1.62. The van der Waals surface area contributed by atoms with Gasteiger partial charge < -0.3 is 24.6 Å². The van der Waals surface area contributed by atoms with Crippen LogP contribution >= 0.6 is 11.8 Å². The molecule has 1 aliphatic heterocycles. The lowest BCUT2D eigenvalue weighted by Gasteiger charge is -2.29. The van der Waals surface area contributed by atoms with Crippen LogP contribution in [0.5, 0.6) is 11.5 Å². The van der Waals surface area contributed by atoms with Gasteiger partial charge in [0.25, 0.3) is 0 Å². The lowest BCUT2D eigenvalue weighted by molar-refractivity contribution is -0.130. The molecule has 2 atom stereocenters. The first kappa shape index (κ1) is 23.2. The molecule has 8 heteroatoms. The Morgan fingerprint density at radius 3 is 2.52 bits per heavy atom. The van der Waals surface area contributed by atoms with E-state index in [2.05, 4.69) is 5.32 Å². The molecule has 1 aliphatic rings. The molecule has 0 unspecified atom stereocenters. The van der Waals surface area contributed by atoms with Crippen molar-refractivity contribution in [1.82, 2.24) is 15.1 Å². The molecular formula is C21H33N3O4S. The summed E-state index contributed by atoms with van der Waals surface area (Å²) < 4.78 is 10.9. The van der Waals surface area contributed by atoms with Crippen molar-refractivity contribution in [2.75, 3.05) is 34.4 Å². The largest absolute Gasteiger partial charge is 0.497 e. The number of ether oxygens (including phenoxy) is 2. The van der Waals surface area contributed by atoms with Crippen LogP contribution in [0.4, 0.5) is 4.79 Å². The maximum absolute atomic E-state index is 13.0. The van der Waals surface area contributed by atoms with Crippen LogP contribution in [0.25, 0.3) is 0 Å². The topological polar surface area (TPSA) is 71.1 Å². The monoisotopic (exact) mass is 423 g/mol. The molecule has 0 aliphatic carbocycles. The Labute approximate surface area is 178 Å². The Bertz CT molecular complexity index is 735. The Kier molecular flexibility index (Phi) is 7.68. The van der Waals surface area contributed by atoms with Crippen molar-refractivity contribution in [3.8, 4) is 11.5 Å². The average Bonchev–Trinajstić information content (AvgIpc) is 2.99. The third-order valence-electron chi connectivity index (χ3n) is 4.71. The van der Waals surface area contributed by atoms with E-state index in [0.717, 1.165) is 23.5 Å². The number of likely N-dealkylation sites (N-methyl/N-ethyl adjacent to an activating group) is 1. The quantitative estimate of drug-likeness (QED) is 0.727. The number of methoxy groups -OCH3 is 2. The van der Waals surface area contributed by atoms with E-state index in [0.29, 0.717) is 13.1 Å². The predicted molar refractivity (Wildman–Crippen MR) is 117 cm³/mol. The Hall–Kier alpha value is -2.09. The second-order valence-corrected chi connectivity index (χ2v) is 9.41. The predicted octanol–water partition coefficient (Wildman–Crippen LogP) is 3.50. The van der Waals surface area contributed by atoms with Crippen LogP contribution in [0.1, 0.15) is 45.1 Å². The summed E-state index contributed by atoms with van der Waals surface area (Å²) in [5.41, 5.74) is 0.594. The van der Waals surface area contributed by atoms with Crippen LogP contribution in [0.15, 0.2) is 18.2 Å². The van der Waals surface area contributed by atoms with Gasteiger partial charge in [0.2, 0.25) is 5.91 Å². The number of nitrogens with one attached hydrogen (secondary N) is 1.